The summed E-state index contributed by atoms with van der Waals surface area (Å²) in [5.41, 5.74) is 4.03. The van der Waals surface area contributed by atoms with Gasteiger partial charge in [-0.25, -0.2) is 0 Å². The molecule has 1 amide bonds. The Labute approximate surface area is 188 Å². The number of nitrogens with zero attached hydrogens (tertiary/aromatic N) is 5. The Bertz CT molecular complexity index is 1230. The highest BCUT2D eigenvalue weighted by atomic mass is 19.4. The Morgan fingerprint density at radius 3 is 2.67 bits per heavy atom. The van der Waals surface area contributed by atoms with Crippen LogP contribution in [0.25, 0.3) is 22.4 Å². The highest BCUT2D eigenvalue weighted by Crippen LogP contribution is 2.38. The number of hydrogen-bond donors (Lipinski definition) is 0. The fourth-order valence-corrected chi connectivity index (χ4v) is 4.11. The molecule has 0 unspecified atom stereocenters. The molecule has 0 radical (unpaired) electrons. The first-order chi connectivity index (χ1) is 15.8. The zero-order valence-electron chi connectivity index (χ0n) is 17.6. The van der Waals surface area contributed by atoms with Gasteiger partial charge in [0.15, 0.2) is 0 Å². The number of amides is 1. The molecule has 1 aromatic carbocycles. The summed E-state index contributed by atoms with van der Waals surface area (Å²) in [4.78, 5) is 18.1. The molecule has 33 heavy (non-hydrogen) atoms. The van der Waals surface area contributed by atoms with Gasteiger partial charge < -0.3 is 4.90 Å². The third-order valence-corrected chi connectivity index (χ3v) is 5.66. The van der Waals surface area contributed by atoms with Gasteiger partial charge in [0.2, 0.25) is 5.91 Å². The van der Waals surface area contributed by atoms with Crippen LogP contribution in [0.2, 0.25) is 0 Å². The summed E-state index contributed by atoms with van der Waals surface area (Å²) in [6, 6.07) is 12.0. The van der Waals surface area contributed by atoms with E-state index >= 15 is 0 Å². The number of alkyl halides is 3. The van der Waals surface area contributed by atoms with Crippen molar-refractivity contribution in [2.75, 3.05) is 0 Å². The number of pyridine rings is 1. The molecule has 0 N–H and O–H groups in total. The highest BCUT2D eigenvalue weighted by Gasteiger charge is 2.36. The van der Waals surface area contributed by atoms with Gasteiger partial charge in [-0.2, -0.15) is 23.5 Å². The Morgan fingerprint density at radius 1 is 1.24 bits per heavy atom. The standard InChI is InChI=1S/C24H20F3N5O/c1-2-21(33)31-15-20-22(17-7-10-29-11-8-17)23(18-5-3-4-16(12-18)13-28)30-32(20)14-19(31)6-9-24(25,26)27/h2-5,7-8,10-12,19H,1,6,9,14-15H2/t19-/m1/s1. The van der Waals surface area contributed by atoms with Gasteiger partial charge >= 0.3 is 6.18 Å². The van der Waals surface area contributed by atoms with Crippen molar-refractivity contribution in [3.8, 4) is 28.5 Å². The minimum Gasteiger partial charge on any atom is -0.328 e. The van der Waals surface area contributed by atoms with E-state index in [2.05, 4.69) is 17.6 Å². The molecule has 4 rings (SSSR count). The molecule has 0 spiro atoms. The predicted octanol–water partition coefficient (Wildman–Crippen LogP) is 4.72. The Hall–Kier alpha value is -3.93. The van der Waals surface area contributed by atoms with Crippen LogP contribution in [0, 0.1) is 11.3 Å². The highest BCUT2D eigenvalue weighted by molar-refractivity contribution is 5.88. The van der Waals surface area contributed by atoms with Crippen molar-refractivity contribution >= 4 is 5.91 Å². The minimum absolute atomic E-state index is 0.0932. The first kappa shape index (κ1) is 22.3. The normalized spacial score (nSPS) is 15.6. The topological polar surface area (TPSA) is 74.8 Å². The van der Waals surface area contributed by atoms with E-state index in [0.29, 0.717) is 22.5 Å². The molecule has 1 aliphatic heterocycles. The van der Waals surface area contributed by atoms with Crippen LogP contribution in [-0.2, 0) is 17.9 Å². The molecule has 0 saturated carbocycles. The van der Waals surface area contributed by atoms with Crippen molar-refractivity contribution in [2.24, 2.45) is 0 Å². The summed E-state index contributed by atoms with van der Waals surface area (Å²) in [6.07, 6.45) is -1.16. The summed E-state index contributed by atoms with van der Waals surface area (Å²) < 4.78 is 40.4. The summed E-state index contributed by atoms with van der Waals surface area (Å²) >= 11 is 0. The number of aromatic nitrogens is 3. The van der Waals surface area contributed by atoms with Gasteiger partial charge in [-0.05, 0) is 42.3 Å². The lowest BCUT2D eigenvalue weighted by Crippen LogP contribution is -2.46. The van der Waals surface area contributed by atoms with Crippen molar-refractivity contribution in [3.05, 3.63) is 72.7 Å². The van der Waals surface area contributed by atoms with Gasteiger partial charge in [0.05, 0.1) is 36.5 Å². The van der Waals surface area contributed by atoms with Gasteiger partial charge in [0.25, 0.3) is 0 Å². The van der Waals surface area contributed by atoms with Crippen LogP contribution in [0.3, 0.4) is 0 Å². The lowest BCUT2D eigenvalue weighted by molar-refractivity contribution is -0.144. The number of hydrogen-bond acceptors (Lipinski definition) is 4. The number of rotatable bonds is 5. The van der Waals surface area contributed by atoms with E-state index < -0.39 is 24.5 Å². The van der Waals surface area contributed by atoms with Gasteiger partial charge in [-0.3, -0.25) is 14.5 Å². The second-order valence-electron chi connectivity index (χ2n) is 7.76. The summed E-state index contributed by atoms with van der Waals surface area (Å²) in [5, 5.41) is 14.0. The van der Waals surface area contributed by atoms with Crippen LogP contribution in [0.4, 0.5) is 13.2 Å². The van der Waals surface area contributed by atoms with E-state index in [1.807, 2.05) is 18.2 Å². The van der Waals surface area contributed by atoms with E-state index in [9.17, 15) is 23.2 Å². The molecule has 6 nitrogen and oxygen atoms in total. The van der Waals surface area contributed by atoms with E-state index in [0.717, 1.165) is 17.2 Å². The Morgan fingerprint density at radius 2 is 2.00 bits per heavy atom. The number of fused-ring (bicyclic) bond motifs is 1. The number of carbonyl (C=O) groups is 1. The number of nitriles is 1. The van der Waals surface area contributed by atoms with Crippen molar-refractivity contribution in [2.45, 2.75) is 38.1 Å². The Kier molecular flexibility index (Phi) is 6.01. The maximum Gasteiger partial charge on any atom is 0.389 e. The zero-order valence-corrected chi connectivity index (χ0v) is 17.6. The second-order valence-corrected chi connectivity index (χ2v) is 7.76. The Balaban J connectivity index is 1.84. The molecule has 0 saturated heterocycles. The monoisotopic (exact) mass is 451 g/mol. The van der Waals surface area contributed by atoms with Crippen LogP contribution >= 0.6 is 0 Å². The van der Waals surface area contributed by atoms with E-state index in [4.69, 9.17) is 5.10 Å². The molecule has 0 aliphatic carbocycles. The van der Waals surface area contributed by atoms with E-state index in [1.54, 1.807) is 35.3 Å². The molecule has 1 aliphatic rings. The van der Waals surface area contributed by atoms with E-state index in [1.165, 1.54) is 4.90 Å². The van der Waals surface area contributed by atoms with Crippen LogP contribution < -0.4 is 0 Å². The maximum atomic E-state index is 12.9. The fourth-order valence-electron chi connectivity index (χ4n) is 4.11. The maximum absolute atomic E-state index is 12.9. The number of halogens is 3. The minimum atomic E-state index is -4.32. The lowest BCUT2D eigenvalue weighted by Gasteiger charge is -2.36. The molecule has 3 aromatic rings. The molecule has 168 valence electrons. The molecule has 3 heterocycles. The third-order valence-electron chi connectivity index (χ3n) is 5.66. The molecule has 9 heteroatoms. The van der Waals surface area contributed by atoms with Crippen LogP contribution in [0.5, 0.6) is 0 Å². The van der Waals surface area contributed by atoms with Crippen molar-refractivity contribution in [3.63, 3.8) is 0 Å². The largest absolute Gasteiger partial charge is 0.389 e. The van der Waals surface area contributed by atoms with E-state index in [-0.39, 0.29) is 19.5 Å². The SMILES string of the molecule is C=CC(=O)N1Cc2c(-c3ccncc3)c(-c3cccc(C#N)c3)nn2C[C@H]1CCC(F)(F)F. The van der Waals surface area contributed by atoms with Crippen molar-refractivity contribution < 1.29 is 18.0 Å². The number of benzene rings is 1. The first-order valence-electron chi connectivity index (χ1n) is 10.3. The number of carbonyl (C=O) groups excluding carboxylic acids is 1. The van der Waals surface area contributed by atoms with Crippen molar-refractivity contribution in [1.29, 1.82) is 5.26 Å². The molecular formula is C24H20F3N5O. The third kappa shape index (κ3) is 4.65. The lowest BCUT2D eigenvalue weighted by atomic mass is 9.97. The van der Waals surface area contributed by atoms with Crippen LogP contribution in [0.15, 0.2) is 61.4 Å². The average Bonchev–Trinajstić information content (AvgIpc) is 3.20. The second kappa shape index (κ2) is 8.90. The molecular weight excluding hydrogens is 431 g/mol. The smallest absolute Gasteiger partial charge is 0.328 e. The van der Waals surface area contributed by atoms with Gasteiger partial charge in [-0.1, -0.05) is 18.7 Å². The fraction of sp³-hybridized carbons (Fsp3) is 0.250. The first-order valence-corrected chi connectivity index (χ1v) is 10.3. The van der Waals surface area contributed by atoms with Crippen LogP contribution in [0.1, 0.15) is 24.1 Å². The molecule has 2 aromatic heterocycles. The molecule has 0 fully saturated rings. The summed E-state index contributed by atoms with van der Waals surface area (Å²) in [7, 11) is 0. The van der Waals surface area contributed by atoms with Gasteiger partial charge in [0, 0.05) is 29.9 Å². The van der Waals surface area contributed by atoms with Crippen LogP contribution in [-0.4, -0.2) is 37.8 Å². The zero-order chi connectivity index (χ0) is 23.6. The molecule has 1 atom stereocenters. The van der Waals surface area contributed by atoms with Gasteiger partial charge in [-0.15, -0.1) is 0 Å². The summed E-state index contributed by atoms with van der Waals surface area (Å²) in [6.45, 7) is 3.73. The summed E-state index contributed by atoms with van der Waals surface area (Å²) in [5.74, 6) is -0.427. The quantitative estimate of drug-likeness (QED) is 0.526. The van der Waals surface area contributed by atoms with Crippen molar-refractivity contribution in [1.82, 2.24) is 19.7 Å². The van der Waals surface area contributed by atoms with Gasteiger partial charge in [0.1, 0.15) is 5.69 Å². The predicted molar refractivity (Wildman–Crippen MR) is 115 cm³/mol. The molecule has 0 bridgehead atoms. The average molecular weight is 451 g/mol.